The molecule has 3 rings (SSSR count). The fourth-order valence-corrected chi connectivity index (χ4v) is 4.20. The molecule has 1 aliphatic carbocycles. The van der Waals surface area contributed by atoms with Crippen molar-refractivity contribution in [3.8, 4) is 0 Å². The number of Topliss-reactive ketones (excluding diaryl/α,β-unsaturated/α-hetero) is 1. The number of aryl methyl sites for hydroxylation is 1. The van der Waals surface area contributed by atoms with Gasteiger partial charge >= 0.3 is 5.97 Å². The van der Waals surface area contributed by atoms with Crippen LogP contribution in [0.4, 0.5) is 0 Å². The average molecular weight is 485 g/mol. The van der Waals surface area contributed by atoms with Crippen LogP contribution < -0.4 is 0 Å². The van der Waals surface area contributed by atoms with Crippen molar-refractivity contribution in [2.75, 3.05) is 7.11 Å². The average Bonchev–Trinajstić information content (AvgIpc) is 3.01. The lowest BCUT2D eigenvalue weighted by molar-refractivity contribution is -0.113. The molecule has 0 radical (unpaired) electrons. The number of carbonyl (C=O) groups is 2. The number of esters is 1. The van der Waals surface area contributed by atoms with Crippen LogP contribution >= 0.6 is 15.9 Å². The fraction of sp³-hybridized carbons (Fsp3) is 0.280. The van der Waals surface area contributed by atoms with E-state index in [0.717, 1.165) is 12.8 Å². The first-order chi connectivity index (χ1) is 14.8. The zero-order valence-electron chi connectivity index (χ0n) is 17.3. The Morgan fingerprint density at radius 2 is 1.81 bits per heavy atom. The number of carbonyl (C=O) groups excluding carboxylic acids is 2. The standard InChI is InChI=1S/C25H25BrO5/c1-31-24(29)19-13-11-18(12-14-19)15-20-23(28)21(26)16-25(20,30)22(27)10-6-5-9-17-7-3-2-4-8-17/h2-4,7-8,11-16,22,27,30H,5-6,9-10H2,1H3/b20-15-/t22-,25-/m1/s1. The summed E-state index contributed by atoms with van der Waals surface area (Å²) in [6.45, 7) is 0. The van der Waals surface area contributed by atoms with Crippen molar-refractivity contribution in [2.24, 2.45) is 0 Å². The molecule has 0 fully saturated rings. The van der Waals surface area contributed by atoms with Crippen LogP contribution in [0, 0.1) is 0 Å². The summed E-state index contributed by atoms with van der Waals surface area (Å²) in [6.07, 6.45) is 4.60. The Morgan fingerprint density at radius 1 is 1.13 bits per heavy atom. The van der Waals surface area contributed by atoms with Gasteiger partial charge in [-0.1, -0.05) is 48.9 Å². The third-order valence-corrected chi connectivity index (χ3v) is 6.02. The Morgan fingerprint density at radius 3 is 2.45 bits per heavy atom. The number of benzene rings is 2. The van der Waals surface area contributed by atoms with E-state index in [9.17, 15) is 19.8 Å². The molecule has 0 heterocycles. The zero-order valence-corrected chi connectivity index (χ0v) is 18.8. The van der Waals surface area contributed by atoms with Gasteiger partial charge in [-0.3, -0.25) is 4.79 Å². The van der Waals surface area contributed by atoms with Crippen LogP contribution in [0.25, 0.3) is 6.08 Å². The maximum absolute atomic E-state index is 12.6. The summed E-state index contributed by atoms with van der Waals surface area (Å²) in [6, 6.07) is 16.6. The van der Waals surface area contributed by atoms with Gasteiger partial charge in [0.15, 0.2) is 5.78 Å². The summed E-state index contributed by atoms with van der Waals surface area (Å²) >= 11 is 3.19. The Hall–Kier alpha value is -2.54. The molecular weight excluding hydrogens is 460 g/mol. The number of unbranched alkanes of at least 4 members (excludes halogenated alkanes) is 1. The number of rotatable bonds is 8. The van der Waals surface area contributed by atoms with E-state index in [2.05, 4.69) is 32.8 Å². The Kier molecular flexibility index (Phi) is 7.59. The maximum atomic E-state index is 12.6. The smallest absolute Gasteiger partial charge is 0.337 e. The number of aliphatic hydroxyl groups is 2. The number of aliphatic hydroxyl groups excluding tert-OH is 1. The second-order valence-corrected chi connectivity index (χ2v) is 8.42. The highest BCUT2D eigenvalue weighted by Crippen LogP contribution is 2.38. The number of hydrogen-bond donors (Lipinski definition) is 2. The molecule has 2 atom stereocenters. The monoisotopic (exact) mass is 484 g/mol. The van der Waals surface area contributed by atoms with Gasteiger partial charge in [0.2, 0.25) is 0 Å². The van der Waals surface area contributed by atoms with Crippen LogP contribution in [0.2, 0.25) is 0 Å². The van der Waals surface area contributed by atoms with Crippen molar-refractivity contribution < 1.29 is 24.5 Å². The third-order valence-electron chi connectivity index (χ3n) is 5.43. The molecule has 0 bridgehead atoms. The molecule has 1 aliphatic rings. The van der Waals surface area contributed by atoms with E-state index < -0.39 is 17.7 Å². The summed E-state index contributed by atoms with van der Waals surface area (Å²) < 4.78 is 4.90. The van der Waals surface area contributed by atoms with Gasteiger partial charge in [0.1, 0.15) is 5.60 Å². The van der Waals surface area contributed by atoms with Gasteiger partial charge in [-0.05, 0) is 70.6 Å². The van der Waals surface area contributed by atoms with E-state index in [-0.39, 0.29) is 15.8 Å². The molecule has 0 aliphatic heterocycles. The highest BCUT2D eigenvalue weighted by molar-refractivity contribution is 9.12. The lowest BCUT2D eigenvalue weighted by Gasteiger charge is -2.28. The second-order valence-electron chi connectivity index (χ2n) is 7.57. The van der Waals surface area contributed by atoms with E-state index >= 15 is 0 Å². The first kappa shape index (κ1) is 23.1. The van der Waals surface area contributed by atoms with Crippen molar-refractivity contribution in [3.63, 3.8) is 0 Å². The molecule has 0 saturated carbocycles. The van der Waals surface area contributed by atoms with E-state index in [1.54, 1.807) is 30.3 Å². The highest BCUT2D eigenvalue weighted by atomic mass is 79.9. The minimum atomic E-state index is -1.77. The van der Waals surface area contributed by atoms with Gasteiger partial charge < -0.3 is 14.9 Å². The maximum Gasteiger partial charge on any atom is 0.337 e. The summed E-state index contributed by atoms with van der Waals surface area (Å²) in [5.74, 6) is -0.828. The Bertz CT molecular complexity index is 994. The normalized spacial score (nSPS) is 20.6. The number of allylic oxidation sites excluding steroid dienone is 1. The van der Waals surface area contributed by atoms with Crippen molar-refractivity contribution in [1.29, 1.82) is 0 Å². The van der Waals surface area contributed by atoms with E-state index in [4.69, 9.17) is 0 Å². The highest BCUT2D eigenvalue weighted by Gasteiger charge is 2.46. The summed E-state index contributed by atoms with van der Waals surface area (Å²) in [5, 5.41) is 22.0. The molecule has 0 saturated heterocycles. The number of halogens is 1. The van der Waals surface area contributed by atoms with E-state index in [1.165, 1.54) is 18.7 Å². The van der Waals surface area contributed by atoms with Crippen LogP contribution in [0.15, 0.2) is 70.7 Å². The van der Waals surface area contributed by atoms with Crippen LogP contribution in [0.3, 0.4) is 0 Å². The Balaban J connectivity index is 1.71. The fourth-order valence-electron chi connectivity index (χ4n) is 3.64. The first-order valence-corrected chi connectivity index (χ1v) is 10.9. The van der Waals surface area contributed by atoms with Crippen molar-refractivity contribution in [1.82, 2.24) is 0 Å². The molecule has 31 heavy (non-hydrogen) atoms. The largest absolute Gasteiger partial charge is 0.465 e. The van der Waals surface area contributed by atoms with Crippen molar-refractivity contribution in [2.45, 2.75) is 37.4 Å². The minimum Gasteiger partial charge on any atom is -0.465 e. The van der Waals surface area contributed by atoms with Crippen LogP contribution in [-0.4, -0.2) is 40.8 Å². The lowest BCUT2D eigenvalue weighted by atomic mass is 9.86. The molecule has 0 spiro atoms. The van der Waals surface area contributed by atoms with Gasteiger partial charge in [-0.15, -0.1) is 0 Å². The van der Waals surface area contributed by atoms with Gasteiger partial charge in [-0.25, -0.2) is 4.79 Å². The number of hydrogen-bond acceptors (Lipinski definition) is 5. The SMILES string of the molecule is COC(=O)c1ccc(/C=C2/C(=O)C(Br)=C[C@]2(O)[C@H](O)CCCCc2ccccc2)cc1. The number of methoxy groups -OCH3 is 1. The third kappa shape index (κ3) is 5.39. The zero-order chi connectivity index (χ0) is 22.4. The van der Waals surface area contributed by atoms with Gasteiger partial charge in [0, 0.05) is 5.57 Å². The molecular formula is C25H25BrO5. The van der Waals surface area contributed by atoms with E-state index in [0.29, 0.717) is 24.0 Å². The Labute approximate surface area is 190 Å². The molecule has 2 aromatic carbocycles. The lowest BCUT2D eigenvalue weighted by Crippen LogP contribution is -2.41. The van der Waals surface area contributed by atoms with E-state index in [1.807, 2.05) is 18.2 Å². The van der Waals surface area contributed by atoms with Crippen LogP contribution in [-0.2, 0) is 16.0 Å². The predicted octanol–water partition coefficient (Wildman–Crippen LogP) is 4.22. The summed E-state index contributed by atoms with van der Waals surface area (Å²) in [5.41, 5.74) is 0.562. The van der Waals surface area contributed by atoms with Gasteiger partial charge in [0.05, 0.1) is 23.3 Å². The quantitative estimate of drug-likeness (QED) is 0.332. The molecule has 2 N–H and O–H groups in total. The molecule has 0 aromatic heterocycles. The molecule has 5 nitrogen and oxygen atoms in total. The predicted molar refractivity (Wildman–Crippen MR) is 123 cm³/mol. The molecule has 162 valence electrons. The minimum absolute atomic E-state index is 0.0979. The summed E-state index contributed by atoms with van der Waals surface area (Å²) in [7, 11) is 1.31. The van der Waals surface area contributed by atoms with Gasteiger partial charge in [0.25, 0.3) is 0 Å². The number of ether oxygens (including phenoxy) is 1. The van der Waals surface area contributed by atoms with Crippen molar-refractivity contribution >= 4 is 33.8 Å². The summed E-state index contributed by atoms with van der Waals surface area (Å²) in [4.78, 5) is 24.2. The molecule has 0 amide bonds. The first-order valence-electron chi connectivity index (χ1n) is 10.1. The van der Waals surface area contributed by atoms with Crippen molar-refractivity contribution in [3.05, 3.63) is 87.4 Å². The second kappa shape index (κ2) is 10.2. The molecule has 2 aromatic rings. The van der Waals surface area contributed by atoms with Gasteiger partial charge in [-0.2, -0.15) is 0 Å². The van der Waals surface area contributed by atoms with Crippen LogP contribution in [0.5, 0.6) is 0 Å². The number of ketones is 1. The topological polar surface area (TPSA) is 83.8 Å². The molecule has 0 unspecified atom stereocenters. The van der Waals surface area contributed by atoms with Crippen LogP contribution in [0.1, 0.15) is 40.7 Å². The molecule has 6 heteroatoms.